The van der Waals surface area contributed by atoms with Crippen LogP contribution >= 0.6 is 8.69 Å². The van der Waals surface area contributed by atoms with Crippen LogP contribution in [-0.4, -0.2) is 5.78 Å². The molecule has 64 valence electrons. The molecule has 0 bridgehead atoms. The van der Waals surface area contributed by atoms with Crippen LogP contribution in [0.25, 0.3) is 0 Å². The van der Waals surface area contributed by atoms with Gasteiger partial charge in [-0.2, -0.15) is 0 Å². The molecule has 3 nitrogen and oxygen atoms in total. The summed E-state index contributed by atoms with van der Waals surface area (Å²) < 4.78 is 14.8. The largest absolute Gasteiger partial charge is 1.00 e. The zero-order chi connectivity index (χ0) is 8.97. The fourth-order valence-electron chi connectivity index (χ4n) is 0.877. The fraction of sp³-hybridized carbons (Fsp3) is 0.125. The van der Waals surface area contributed by atoms with Crippen LogP contribution in [0, 0.1) is 0 Å². The molecule has 0 spiro atoms. The number of carbonyl (C=O) groups is 1. The number of benzene rings is 1. The third-order valence-corrected chi connectivity index (χ3v) is 1.67. The van der Waals surface area contributed by atoms with E-state index in [1.54, 1.807) is 24.3 Å². The van der Waals surface area contributed by atoms with Gasteiger partial charge in [0.1, 0.15) is 5.75 Å². The van der Waals surface area contributed by atoms with Crippen LogP contribution in [0.2, 0.25) is 0 Å². The Morgan fingerprint density at radius 1 is 1.46 bits per heavy atom. The first kappa shape index (κ1) is 12.8. The van der Waals surface area contributed by atoms with E-state index in [4.69, 9.17) is 4.52 Å². The van der Waals surface area contributed by atoms with Gasteiger partial charge in [0.25, 0.3) is 0 Å². The molecular weight excluding hydrogens is 198 g/mol. The molecule has 5 heteroatoms. The van der Waals surface area contributed by atoms with Gasteiger partial charge in [-0.25, -0.2) is 4.57 Å². The average molecular weight is 206 g/mol. The second-order valence-electron chi connectivity index (χ2n) is 2.22. The number of hydrogen-bond donors (Lipinski definition) is 0. The molecule has 0 aliphatic heterocycles. The Morgan fingerprint density at radius 3 is 2.62 bits per heavy atom. The van der Waals surface area contributed by atoms with Gasteiger partial charge in [0.05, 0.1) is 5.56 Å². The zero-order valence-corrected chi connectivity index (χ0v) is 10.4. The number of ketones is 1. The quantitative estimate of drug-likeness (QED) is 0.383. The van der Waals surface area contributed by atoms with E-state index in [0.29, 0.717) is 11.3 Å². The Hall–Kier alpha value is -0.210. The molecule has 1 rings (SSSR count). The van der Waals surface area contributed by atoms with Crippen LogP contribution in [0.3, 0.4) is 0 Å². The maximum Gasteiger partial charge on any atom is 1.00 e. The van der Waals surface area contributed by atoms with Gasteiger partial charge in [0.15, 0.2) is 5.78 Å². The van der Waals surface area contributed by atoms with Crippen molar-refractivity contribution in [3.63, 3.8) is 0 Å². The van der Waals surface area contributed by atoms with E-state index in [-0.39, 0.29) is 36.8 Å². The summed E-state index contributed by atoms with van der Waals surface area (Å²) in [5.74, 6) is 0.246. The molecule has 0 aliphatic rings. The fourth-order valence-corrected chi connectivity index (χ4v) is 1.12. The third kappa shape index (κ3) is 3.57. The van der Waals surface area contributed by atoms with Crippen LogP contribution in [0.4, 0.5) is 0 Å². The summed E-state index contributed by atoms with van der Waals surface area (Å²) in [4.78, 5) is 11.0. The topological polar surface area (TPSA) is 43.4 Å². The van der Waals surface area contributed by atoms with E-state index in [2.05, 4.69) is 0 Å². The van der Waals surface area contributed by atoms with Gasteiger partial charge in [-0.3, -0.25) is 4.79 Å². The third-order valence-electron chi connectivity index (χ3n) is 1.40. The van der Waals surface area contributed by atoms with Gasteiger partial charge in [-0.05, 0) is 19.1 Å². The van der Waals surface area contributed by atoms with Gasteiger partial charge in [0, 0.05) is 0 Å². The smallest absolute Gasteiger partial charge is 1.00 e. The molecule has 13 heavy (non-hydrogen) atoms. The molecule has 0 aliphatic carbocycles. The maximum atomic E-state index is 11.0. The molecule has 1 aromatic rings. The van der Waals surface area contributed by atoms with E-state index in [1.807, 2.05) is 0 Å². The van der Waals surface area contributed by atoms with Crippen molar-refractivity contribution in [3.05, 3.63) is 29.8 Å². The predicted octanol–water partition coefficient (Wildman–Crippen LogP) is -0.409. The standard InChI is InChI=1S/C8H7O3P.Na.H/c1-6(9)7-4-2-3-5-8(7)11-12-10;;/h2-5H,1H3;;/q;+1;-1. The molecule has 0 radical (unpaired) electrons. The molecule has 0 amide bonds. The summed E-state index contributed by atoms with van der Waals surface area (Å²) in [7, 11) is -0.447. The Labute approximate surface area is 102 Å². The average Bonchev–Trinajstić information content (AvgIpc) is 2.05. The SMILES string of the molecule is CC(=O)c1ccccc1OP=O.[H-].[Na+]. The normalized spacial score (nSPS) is 9.00. The van der Waals surface area contributed by atoms with E-state index >= 15 is 0 Å². The molecular formula is C8H8NaO3P. The number of para-hydroxylation sites is 1. The summed E-state index contributed by atoms with van der Waals surface area (Å²) in [5.41, 5.74) is 0.445. The predicted molar refractivity (Wildman–Crippen MR) is 45.8 cm³/mol. The first-order valence-electron chi connectivity index (χ1n) is 3.35. The molecule has 1 aromatic carbocycles. The van der Waals surface area contributed by atoms with Crippen LogP contribution in [0.1, 0.15) is 18.7 Å². The van der Waals surface area contributed by atoms with Gasteiger partial charge in [-0.1, -0.05) is 12.1 Å². The summed E-state index contributed by atoms with van der Waals surface area (Å²) >= 11 is 0. The zero-order valence-electron chi connectivity index (χ0n) is 8.48. The maximum absolute atomic E-state index is 11.0. The van der Waals surface area contributed by atoms with E-state index in [1.165, 1.54) is 6.92 Å². The number of hydrogen-bond acceptors (Lipinski definition) is 3. The molecule has 0 aromatic heterocycles. The molecule has 0 saturated carbocycles. The van der Waals surface area contributed by atoms with Crippen LogP contribution in [0.5, 0.6) is 5.75 Å². The van der Waals surface area contributed by atoms with Crippen molar-refractivity contribution >= 4 is 14.5 Å². The van der Waals surface area contributed by atoms with Crippen molar-refractivity contribution in [1.29, 1.82) is 0 Å². The molecule has 0 N–H and O–H groups in total. The first-order chi connectivity index (χ1) is 5.75. The molecule has 0 atom stereocenters. The Morgan fingerprint density at radius 2 is 2.08 bits per heavy atom. The summed E-state index contributed by atoms with van der Waals surface area (Å²) in [6.45, 7) is 1.43. The minimum atomic E-state index is -0.447. The minimum Gasteiger partial charge on any atom is -1.00 e. The van der Waals surface area contributed by atoms with Gasteiger partial charge >= 0.3 is 38.2 Å². The van der Waals surface area contributed by atoms with Crippen molar-refractivity contribution < 1.29 is 44.9 Å². The van der Waals surface area contributed by atoms with Crippen LogP contribution in [-0.2, 0) is 4.57 Å². The number of Topliss-reactive ketones (excluding diaryl/α,β-unsaturated/α-hetero) is 1. The Kier molecular flexibility index (Phi) is 6.17. The minimum absolute atomic E-state index is 0. The second kappa shape index (κ2) is 6.28. The van der Waals surface area contributed by atoms with Crippen molar-refractivity contribution in [2.75, 3.05) is 0 Å². The second-order valence-corrected chi connectivity index (χ2v) is 2.55. The van der Waals surface area contributed by atoms with Crippen molar-refractivity contribution in [1.82, 2.24) is 0 Å². The monoisotopic (exact) mass is 206 g/mol. The first-order valence-corrected chi connectivity index (χ1v) is 4.08. The van der Waals surface area contributed by atoms with Gasteiger partial charge in [0.2, 0.25) is 0 Å². The number of carbonyl (C=O) groups excluding carboxylic acids is 1. The summed E-state index contributed by atoms with van der Waals surface area (Å²) in [6.07, 6.45) is 0. The van der Waals surface area contributed by atoms with Crippen molar-refractivity contribution in [2.24, 2.45) is 0 Å². The molecule has 0 fully saturated rings. The summed E-state index contributed by atoms with van der Waals surface area (Å²) in [5, 5.41) is 0. The van der Waals surface area contributed by atoms with E-state index < -0.39 is 8.69 Å². The molecule has 0 unspecified atom stereocenters. The van der Waals surface area contributed by atoms with Gasteiger partial charge < -0.3 is 5.95 Å². The van der Waals surface area contributed by atoms with Crippen LogP contribution < -0.4 is 34.1 Å². The Bertz CT molecular complexity index is 319. The molecule has 0 saturated heterocycles. The summed E-state index contributed by atoms with van der Waals surface area (Å²) in [6, 6.07) is 6.67. The van der Waals surface area contributed by atoms with E-state index in [9.17, 15) is 9.36 Å². The van der Waals surface area contributed by atoms with Gasteiger partial charge in [-0.15, -0.1) is 0 Å². The van der Waals surface area contributed by atoms with Crippen molar-refractivity contribution in [3.8, 4) is 5.75 Å². The number of rotatable bonds is 3. The van der Waals surface area contributed by atoms with E-state index in [0.717, 1.165) is 0 Å². The van der Waals surface area contributed by atoms with Crippen LogP contribution in [0.15, 0.2) is 24.3 Å². The van der Waals surface area contributed by atoms with Crippen molar-refractivity contribution in [2.45, 2.75) is 6.92 Å². The Balaban J connectivity index is 0. The molecule has 0 heterocycles.